The maximum atomic E-state index is 6.40. The number of fused-ring (bicyclic) bond motifs is 12. The summed E-state index contributed by atoms with van der Waals surface area (Å²) in [6.45, 7) is 4.78. The maximum Gasteiger partial charge on any atom is 0.160 e. The standard InChI is InChI=1S/C62H42N2O/c1-61(2)52-27-11-12-28-53(52)62(50-25-9-6-20-46(50)47-21-7-10-26-51(47)62)54-35-34-43(37-55(54)61)42-18-14-19-44(36-42)60-63-56(40-16-4-3-5-17-40)38-57(64-60)41-32-30-39(31-33-41)45-23-15-24-49-48-22-8-13-29-58(48)65-59(45)49/h3-38H,1-2H3. The fourth-order valence-corrected chi connectivity index (χ4v) is 11.1. The van der Waals surface area contributed by atoms with Gasteiger partial charge in [0, 0.05) is 38.4 Å². The second-order valence-electron chi connectivity index (χ2n) is 18.0. The van der Waals surface area contributed by atoms with Crippen molar-refractivity contribution in [3.63, 3.8) is 0 Å². The van der Waals surface area contributed by atoms with Crippen LogP contribution >= 0.6 is 0 Å². The van der Waals surface area contributed by atoms with E-state index in [1.165, 1.54) is 50.1 Å². The van der Waals surface area contributed by atoms with Gasteiger partial charge in [0.1, 0.15) is 11.2 Å². The first-order valence-corrected chi connectivity index (χ1v) is 22.5. The van der Waals surface area contributed by atoms with Gasteiger partial charge in [0.05, 0.1) is 16.8 Å². The summed E-state index contributed by atoms with van der Waals surface area (Å²) in [6, 6.07) is 78.9. The molecule has 3 nitrogen and oxygen atoms in total. The lowest BCUT2D eigenvalue weighted by Crippen LogP contribution is -2.40. The van der Waals surface area contributed by atoms with E-state index in [0.717, 1.165) is 66.7 Å². The summed E-state index contributed by atoms with van der Waals surface area (Å²) in [5, 5.41) is 2.25. The Bertz CT molecular complexity index is 3640. The smallest absolute Gasteiger partial charge is 0.160 e. The van der Waals surface area contributed by atoms with Crippen LogP contribution in [0.1, 0.15) is 47.2 Å². The molecule has 0 fully saturated rings. The van der Waals surface area contributed by atoms with Gasteiger partial charge in [-0.1, -0.05) is 208 Å². The number of nitrogens with zero attached hydrogens (tertiary/aromatic N) is 2. The molecule has 0 atom stereocenters. The van der Waals surface area contributed by atoms with Gasteiger partial charge >= 0.3 is 0 Å². The van der Waals surface area contributed by atoms with Crippen LogP contribution in [-0.4, -0.2) is 9.97 Å². The highest BCUT2D eigenvalue weighted by molar-refractivity contribution is 6.09. The van der Waals surface area contributed by atoms with Crippen LogP contribution in [0.2, 0.25) is 0 Å². The number of furan rings is 1. The largest absolute Gasteiger partial charge is 0.455 e. The van der Waals surface area contributed by atoms with Gasteiger partial charge in [-0.25, -0.2) is 9.97 Å². The lowest BCUT2D eigenvalue weighted by molar-refractivity contribution is 0.563. The molecule has 2 aliphatic carbocycles. The number of aromatic nitrogens is 2. The zero-order chi connectivity index (χ0) is 43.3. The number of para-hydroxylation sites is 2. The number of rotatable bonds is 5. The Morgan fingerprint density at radius 1 is 0.338 bits per heavy atom. The van der Waals surface area contributed by atoms with Crippen molar-refractivity contribution in [1.82, 2.24) is 9.97 Å². The average molecular weight is 831 g/mol. The fraction of sp³-hybridized carbons (Fsp3) is 0.0645. The second-order valence-corrected chi connectivity index (χ2v) is 18.0. The van der Waals surface area contributed by atoms with Crippen LogP contribution in [0, 0.1) is 0 Å². The van der Waals surface area contributed by atoms with E-state index < -0.39 is 5.41 Å². The molecule has 1 spiro atoms. The molecule has 0 saturated carbocycles. The summed E-state index contributed by atoms with van der Waals surface area (Å²) >= 11 is 0. The Balaban J connectivity index is 0.925. The third kappa shape index (κ3) is 5.55. The molecule has 0 saturated heterocycles. The zero-order valence-corrected chi connectivity index (χ0v) is 36.1. The molecule has 11 aromatic rings. The topological polar surface area (TPSA) is 38.9 Å². The molecule has 2 aliphatic rings. The first-order valence-electron chi connectivity index (χ1n) is 22.5. The number of hydrogen-bond acceptors (Lipinski definition) is 3. The van der Waals surface area contributed by atoms with Gasteiger partial charge in [0.2, 0.25) is 0 Å². The van der Waals surface area contributed by atoms with Crippen molar-refractivity contribution in [2.24, 2.45) is 0 Å². The Morgan fingerprint density at radius 3 is 1.60 bits per heavy atom. The highest BCUT2D eigenvalue weighted by Crippen LogP contribution is 2.62. The van der Waals surface area contributed by atoms with Gasteiger partial charge in [-0.3, -0.25) is 0 Å². The van der Waals surface area contributed by atoms with Crippen molar-refractivity contribution in [3.8, 4) is 67.3 Å². The first-order chi connectivity index (χ1) is 32.0. The first kappa shape index (κ1) is 37.4. The van der Waals surface area contributed by atoms with Gasteiger partial charge in [-0.15, -0.1) is 0 Å². The number of hydrogen-bond donors (Lipinski definition) is 0. The SMILES string of the molecule is CC1(C)c2ccccc2C2(c3ccccc3-c3ccccc32)c2ccc(-c3cccc(-c4nc(-c5ccccc5)cc(-c5ccc(-c6cccc7c6oc6ccccc67)cc5)n4)c3)cc21. The summed E-state index contributed by atoms with van der Waals surface area (Å²) in [5.74, 6) is 0.685. The molecule has 0 aliphatic heterocycles. The van der Waals surface area contributed by atoms with E-state index in [2.05, 4.69) is 214 Å². The molecule has 0 unspecified atom stereocenters. The minimum absolute atomic E-state index is 0.243. The van der Waals surface area contributed by atoms with Crippen molar-refractivity contribution in [2.75, 3.05) is 0 Å². The van der Waals surface area contributed by atoms with E-state index in [1.807, 2.05) is 18.2 Å². The summed E-state index contributed by atoms with van der Waals surface area (Å²) in [4.78, 5) is 10.5. The van der Waals surface area contributed by atoms with E-state index >= 15 is 0 Å². The minimum atomic E-state index is -0.421. The fourth-order valence-electron chi connectivity index (χ4n) is 11.1. The second kappa shape index (κ2) is 14.2. The Morgan fingerprint density at radius 2 is 0.846 bits per heavy atom. The van der Waals surface area contributed by atoms with Crippen LogP contribution in [-0.2, 0) is 10.8 Å². The summed E-state index contributed by atoms with van der Waals surface area (Å²) < 4.78 is 6.40. The van der Waals surface area contributed by atoms with Crippen LogP contribution in [0.3, 0.4) is 0 Å². The molecular formula is C62H42N2O. The third-order valence-corrected chi connectivity index (χ3v) is 14.2. The summed E-state index contributed by atoms with van der Waals surface area (Å²) in [7, 11) is 0. The minimum Gasteiger partial charge on any atom is -0.455 e. The van der Waals surface area contributed by atoms with Crippen LogP contribution in [0.4, 0.5) is 0 Å². The predicted molar refractivity (Wildman–Crippen MR) is 266 cm³/mol. The highest BCUT2D eigenvalue weighted by atomic mass is 16.3. The lowest BCUT2D eigenvalue weighted by atomic mass is 9.55. The van der Waals surface area contributed by atoms with Crippen LogP contribution in [0.15, 0.2) is 223 Å². The van der Waals surface area contributed by atoms with Gasteiger partial charge in [-0.2, -0.15) is 0 Å². The summed E-state index contributed by atoms with van der Waals surface area (Å²) in [5.41, 5.74) is 21.1. The lowest BCUT2D eigenvalue weighted by Gasteiger charge is -2.46. The quantitative estimate of drug-likeness (QED) is 0.173. The molecule has 3 heteroatoms. The van der Waals surface area contributed by atoms with E-state index in [1.54, 1.807) is 0 Å². The van der Waals surface area contributed by atoms with E-state index in [-0.39, 0.29) is 5.41 Å². The van der Waals surface area contributed by atoms with Gasteiger partial charge in [-0.05, 0) is 85.5 Å². The van der Waals surface area contributed by atoms with E-state index in [0.29, 0.717) is 5.82 Å². The van der Waals surface area contributed by atoms with Crippen molar-refractivity contribution in [2.45, 2.75) is 24.7 Å². The molecule has 0 amide bonds. The Kier molecular flexibility index (Phi) is 8.17. The Labute approximate surface area is 378 Å². The number of benzene rings is 9. The molecule has 0 radical (unpaired) electrons. The molecule has 9 aromatic carbocycles. The third-order valence-electron chi connectivity index (χ3n) is 14.2. The molecule has 2 heterocycles. The predicted octanol–water partition coefficient (Wildman–Crippen LogP) is 15.7. The van der Waals surface area contributed by atoms with Crippen molar-refractivity contribution in [3.05, 3.63) is 252 Å². The van der Waals surface area contributed by atoms with Crippen molar-refractivity contribution < 1.29 is 4.42 Å². The molecule has 65 heavy (non-hydrogen) atoms. The van der Waals surface area contributed by atoms with E-state index in [9.17, 15) is 0 Å². The summed E-state index contributed by atoms with van der Waals surface area (Å²) in [6.07, 6.45) is 0. The molecule has 13 rings (SSSR count). The van der Waals surface area contributed by atoms with Crippen LogP contribution in [0.5, 0.6) is 0 Å². The molecular weight excluding hydrogens is 789 g/mol. The van der Waals surface area contributed by atoms with E-state index in [4.69, 9.17) is 14.4 Å². The Hall–Kier alpha value is -8.14. The highest BCUT2D eigenvalue weighted by Gasteiger charge is 2.53. The normalized spacial score (nSPS) is 13.9. The maximum absolute atomic E-state index is 6.40. The molecule has 0 N–H and O–H groups in total. The van der Waals surface area contributed by atoms with Gasteiger partial charge < -0.3 is 4.42 Å². The average Bonchev–Trinajstić information content (AvgIpc) is 3.90. The molecule has 2 aromatic heterocycles. The molecule has 0 bridgehead atoms. The van der Waals surface area contributed by atoms with Crippen molar-refractivity contribution in [1.29, 1.82) is 0 Å². The van der Waals surface area contributed by atoms with Crippen molar-refractivity contribution >= 4 is 21.9 Å². The molecule has 306 valence electrons. The van der Waals surface area contributed by atoms with Gasteiger partial charge in [0.15, 0.2) is 5.82 Å². The van der Waals surface area contributed by atoms with Gasteiger partial charge in [0.25, 0.3) is 0 Å². The van der Waals surface area contributed by atoms with Crippen LogP contribution < -0.4 is 0 Å². The van der Waals surface area contributed by atoms with Crippen LogP contribution in [0.25, 0.3) is 89.2 Å². The zero-order valence-electron chi connectivity index (χ0n) is 36.1. The monoisotopic (exact) mass is 830 g/mol.